The zero-order valence-electron chi connectivity index (χ0n) is 18.3. The number of piperidine rings is 1. The first-order valence-electron chi connectivity index (χ1n) is 10.7. The second-order valence-corrected chi connectivity index (χ2v) is 8.25. The number of nitrogen functional groups attached to an aromatic ring is 1. The number of nitrogens with zero attached hydrogens (tertiary/aromatic N) is 6. The number of hydrogen-bond donors (Lipinski definition) is 1. The van der Waals surface area contributed by atoms with Crippen molar-refractivity contribution in [3.05, 3.63) is 30.6 Å². The van der Waals surface area contributed by atoms with Crippen LogP contribution in [0.2, 0.25) is 0 Å². The van der Waals surface area contributed by atoms with E-state index in [1.165, 1.54) is 5.69 Å². The number of benzene rings is 1. The summed E-state index contributed by atoms with van der Waals surface area (Å²) in [4.78, 5) is 18.4. The maximum Gasteiger partial charge on any atom is 0.157 e. The molecule has 2 aliphatic heterocycles. The highest BCUT2D eigenvalue weighted by atomic mass is 16.5. The predicted octanol–water partition coefficient (Wildman–Crippen LogP) is 1.92. The summed E-state index contributed by atoms with van der Waals surface area (Å²) in [6.45, 7) is 5.83. The van der Waals surface area contributed by atoms with Gasteiger partial charge in [-0.25, -0.2) is 9.97 Å². The molecule has 0 saturated carbocycles. The largest absolute Gasteiger partial charge is 0.497 e. The summed E-state index contributed by atoms with van der Waals surface area (Å²) in [7, 11) is 5.98. The van der Waals surface area contributed by atoms with E-state index in [2.05, 4.69) is 55.8 Å². The van der Waals surface area contributed by atoms with Crippen molar-refractivity contribution < 1.29 is 4.74 Å². The van der Waals surface area contributed by atoms with E-state index in [0.29, 0.717) is 11.7 Å². The second-order valence-electron chi connectivity index (χ2n) is 8.25. The Balaban J connectivity index is 1.43. The van der Waals surface area contributed by atoms with Gasteiger partial charge in [0.15, 0.2) is 11.6 Å². The first-order chi connectivity index (χ1) is 14.6. The van der Waals surface area contributed by atoms with Gasteiger partial charge in [0.1, 0.15) is 17.8 Å². The second kappa shape index (κ2) is 8.95. The highest BCUT2D eigenvalue weighted by Gasteiger charge is 2.26. The van der Waals surface area contributed by atoms with Crippen LogP contribution in [0.15, 0.2) is 30.6 Å². The number of piperazine rings is 1. The van der Waals surface area contributed by atoms with Gasteiger partial charge in [-0.2, -0.15) is 0 Å². The van der Waals surface area contributed by atoms with E-state index < -0.39 is 0 Å². The fourth-order valence-electron chi connectivity index (χ4n) is 4.44. The van der Waals surface area contributed by atoms with Crippen LogP contribution >= 0.6 is 0 Å². The lowest BCUT2D eigenvalue weighted by Crippen LogP contribution is -2.47. The minimum absolute atomic E-state index is 0.471. The molecule has 2 aliphatic rings. The van der Waals surface area contributed by atoms with Crippen LogP contribution < -0.4 is 25.2 Å². The number of nitrogens with two attached hydrogens (primary N) is 1. The summed E-state index contributed by atoms with van der Waals surface area (Å²) >= 11 is 0. The molecular weight excluding hydrogens is 378 g/mol. The van der Waals surface area contributed by atoms with Crippen molar-refractivity contribution in [2.45, 2.75) is 18.9 Å². The Bertz CT molecular complexity index is 828. The van der Waals surface area contributed by atoms with Gasteiger partial charge in [0.05, 0.1) is 7.11 Å². The molecule has 0 amide bonds. The summed E-state index contributed by atoms with van der Waals surface area (Å²) in [5.74, 6) is 2.59. The first-order valence-corrected chi connectivity index (χ1v) is 10.7. The molecule has 0 unspecified atom stereocenters. The van der Waals surface area contributed by atoms with Crippen molar-refractivity contribution in [1.82, 2.24) is 14.9 Å². The Kier molecular flexibility index (Phi) is 6.13. The van der Waals surface area contributed by atoms with Crippen LogP contribution in [-0.2, 0) is 0 Å². The van der Waals surface area contributed by atoms with Crippen LogP contribution in [0.1, 0.15) is 12.8 Å². The van der Waals surface area contributed by atoms with Crippen LogP contribution in [0.3, 0.4) is 0 Å². The van der Waals surface area contributed by atoms with E-state index in [4.69, 9.17) is 10.5 Å². The number of likely N-dealkylation sites (tertiary alicyclic amines) is 1. The molecule has 0 aliphatic carbocycles. The zero-order valence-corrected chi connectivity index (χ0v) is 18.3. The maximum atomic E-state index is 6.58. The number of rotatable bonds is 5. The van der Waals surface area contributed by atoms with Gasteiger partial charge in [-0.05, 0) is 57.2 Å². The van der Waals surface area contributed by atoms with E-state index in [1.54, 1.807) is 13.4 Å². The minimum Gasteiger partial charge on any atom is -0.497 e. The van der Waals surface area contributed by atoms with Gasteiger partial charge in [0.25, 0.3) is 0 Å². The molecule has 0 spiro atoms. The van der Waals surface area contributed by atoms with E-state index >= 15 is 0 Å². The van der Waals surface area contributed by atoms with Crippen LogP contribution in [0.4, 0.5) is 23.0 Å². The lowest BCUT2D eigenvalue weighted by molar-refractivity contribution is 0.252. The molecule has 162 valence electrons. The molecule has 1 aromatic carbocycles. The molecule has 3 heterocycles. The lowest BCUT2D eigenvalue weighted by atomic mass is 10.0. The average molecular weight is 412 g/mol. The third-order valence-electron chi connectivity index (χ3n) is 6.43. The minimum atomic E-state index is 0.471. The quantitative estimate of drug-likeness (QED) is 0.800. The standard InChI is InChI=1S/C22H33N7O/c1-26-10-8-17(9-11-26)27(2)21-20(23)22(25-16-24-21)29-14-12-28(13-15-29)18-4-6-19(30-3)7-5-18/h4-7,16-17H,8-15,23H2,1-3H3. The number of anilines is 4. The van der Waals surface area contributed by atoms with Gasteiger partial charge >= 0.3 is 0 Å². The van der Waals surface area contributed by atoms with Gasteiger partial charge in [0, 0.05) is 45.0 Å². The molecule has 0 atom stereocenters. The van der Waals surface area contributed by atoms with E-state index in [1.807, 2.05) is 12.1 Å². The molecule has 2 fully saturated rings. The molecule has 1 aromatic heterocycles. The number of hydrogen-bond acceptors (Lipinski definition) is 8. The summed E-state index contributed by atoms with van der Waals surface area (Å²) in [5, 5.41) is 0. The van der Waals surface area contributed by atoms with Crippen LogP contribution in [0.5, 0.6) is 5.75 Å². The predicted molar refractivity (Wildman–Crippen MR) is 123 cm³/mol. The summed E-state index contributed by atoms with van der Waals surface area (Å²) in [6.07, 6.45) is 3.92. The zero-order chi connectivity index (χ0) is 21.1. The van der Waals surface area contributed by atoms with Gasteiger partial charge in [-0.15, -0.1) is 0 Å². The molecule has 30 heavy (non-hydrogen) atoms. The molecule has 8 nitrogen and oxygen atoms in total. The van der Waals surface area contributed by atoms with Gasteiger partial charge < -0.3 is 30.1 Å². The molecule has 0 radical (unpaired) electrons. The maximum absolute atomic E-state index is 6.58. The van der Waals surface area contributed by atoms with Crippen molar-refractivity contribution in [3.8, 4) is 5.75 Å². The van der Waals surface area contributed by atoms with Crippen molar-refractivity contribution in [2.75, 3.05) is 80.9 Å². The average Bonchev–Trinajstić information content (AvgIpc) is 2.79. The van der Waals surface area contributed by atoms with Crippen LogP contribution in [0.25, 0.3) is 0 Å². The lowest BCUT2D eigenvalue weighted by Gasteiger charge is -2.38. The fourth-order valence-corrected chi connectivity index (χ4v) is 4.44. The number of methoxy groups -OCH3 is 1. The summed E-state index contributed by atoms with van der Waals surface area (Å²) in [6, 6.07) is 8.72. The monoisotopic (exact) mass is 411 g/mol. The van der Waals surface area contributed by atoms with Crippen molar-refractivity contribution >= 4 is 23.0 Å². The number of aromatic nitrogens is 2. The van der Waals surface area contributed by atoms with Gasteiger partial charge in [-0.3, -0.25) is 0 Å². The third kappa shape index (κ3) is 4.23. The first kappa shape index (κ1) is 20.5. The molecule has 4 rings (SSSR count). The molecule has 2 aromatic rings. The Labute approximate surface area is 179 Å². The Morgan fingerprint density at radius 2 is 1.60 bits per heavy atom. The highest BCUT2D eigenvalue weighted by Crippen LogP contribution is 2.32. The van der Waals surface area contributed by atoms with Crippen LogP contribution in [0, 0.1) is 0 Å². The Hall–Kier alpha value is -2.74. The molecule has 0 bridgehead atoms. The topological polar surface area (TPSA) is 74.0 Å². The SMILES string of the molecule is COc1ccc(N2CCN(c3ncnc(N(C)C4CCN(C)CC4)c3N)CC2)cc1. The molecular formula is C22H33N7O. The number of ether oxygens (including phenoxy) is 1. The smallest absolute Gasteiger partial charge is 0.157 e. The molecule has 2 saturated heterocycles. The van der Waals surface area contributed by atoms with Gasteiger partial charge in [-0.1, -0.05) is 0 Å². The van der Waals surface area contributed by atoms with Crippen molar-refractivity contribution in [3.63, 3.8) is 0 Å². The van der Waals surface area contributed by atoms with Gasteiger partial charge in [0.2, 0.25) is 0 Å². The highest BCUT2D eigenvalue weighted by molar-refractivity contribution is 5.76. The van der Waals surface area contributed by atoms with Crippen molar-refractivity contribution in [1.29, 1.82) is 0 Å². The fraction of sp³-hybridized carbons (Fsp3) is 0.545. The van der Waals surface area contributed by atoms with E-state index in [-0.39, 0.29) is 0 Å². The normalized spacial score (nSPS) is 18.5. The Morgan fingerprint density at radius 1 is 0.967 bits per heavy atom. The van der Waals surface area contributed by atoms with E-state index in [0.717, 1.165) is 69.5 Å². The van der Waals surface area contributed by atoms with Crippen LogP contribution in [-0.4, -0.2) is 81.4 Å². The Morgan fingerprint density at radius 3 is 2.23 bits per heavy atom. The third-order valence-corrected chi connectivity index (χ3v) is 6.43. The van der Waals surface area contributed by atoms with E-state index in [9.17, 15) is 0 Å². The van der Waals surface area contributed by atoms with Crippen molar-refractivity contribution in [2.24, 2.45) is 0 Å². The summed E-state index contributed by atoms with van der Waals surface area (Å²) < 4.78 is 5.26. The molecule has 2 N–H and O–H groups in total. The summed E-state index contributed by atoms with van der Waals surface area (Å²) in [5.41, 5.74) is 8.49. The molecule has 8 heteroatoms.